The van der Waals surface area contributed by atoms with Gasteiger partial charge in [-0.1, -0.05) is 6.07 Å². The average Bonchev–Trinajstić information content (AvgIpc) is 2.78. The number of nitrogens with zero attached hydrogens (tertiary/aromatic N) is 2. The number of benzene rings is 1. The number of likely N-dealkylation sites (tertiary alicyclic amines) is 1. The first-order valence-electron chi connectivity index (χ1n) is 10.7. The maximum absolute atomic E-state index is 12.5. The van der Waals surface area contributed by atoms with E-state index in [4.69, 9.17) is 14.2 Å². The Labute approximate surface area is 174 Å². The van der Waals surface area contributed by atoms with Gasteiger partial charge in [0.1, 0.15) is 11.5 Å². The largest absolute Gasteiger partial charge is 0.497 e. The third-order valence-corrected chi connectivity index (χ3v) is 5.90. The van der Waals surface area contributed by atoms with E-state index in [-0.39, 0.29) is 11.8 Å². The van der Waals surface area contributed by atoms with Crippen LogP contribution in [0.1, 0.15) is 24.8 Å². The van der Waals surface area contributed by atoms with Gasteiger partial charge < -0.3 is 19.5 Å². The summed E-state index contributed by atoms with van der Waals surface area (Å²) >= 11 is 0. The Morgan fingerprint density at radius 1 is 1.10 bits per heavy atom. The zero-order chi connectivity index (χ0) is 20.5. The molecule has 2 fully saturated rings. The fraction of sp³-hybridized carbons (Fsp3) is 0.682. The number of methoxy groups -OCH3 is 2. The summed E-state index contributed by atoms with van der Waals surface area (Å²) in [6.07, 6.45) is 2.82. The Morgan fingerprint density at radius 3 is 2.55 bits per heavy atom. The lowest BCUT2D eigenvalue weighted by Crippen LogP contribution is -2.41. The molecule has 0 atom stereocenters. The summed E-state index contributed by atoms with van der Waals surface area (Å²) in [5, 5.41) is 3.14. The van der Waals surface area contributed by atoms with Crippen LogP contribution in [0, 0.1) is 5.92 Å². The molecule has 0 saturated carbocycles. The van der Waals surface area contributed by atoms with Crippen molar-refractivity contribution < 1.29 is 19.0 Å². The summed E-state index contributed by atoms with van der Waals surface area (Å²) < 4.78 is 16.1. The average molecular weight is 406 g/mol. The van der Waals surface area contributed by atoms with E-state index in [1.807, 2.05) is 12.1 Å². The molecular formula is C22H35N3O4. The SMILES string of the molecule is COc1ccc(CN2CCC(C(=O)NCCCN3CCOCC3)CC2)c(OC)c1. The second-order valence-corrected chi connectivity index (χ2v) is 7.83. The molecule has 0 unspecified atom stereocenters. The van der Waals surface area contributed by atoms with Gasteiger partial charge in [0, 0.05) is 43.7 Å². The smallest absolute Gasteiger partial charge is 0.223 e. The van der Waals surface area contributed by atoms with Gasteiger partial charge in [-0.2, -0.15) is 0 Å². The van der Waals surface area contributed by atoms with Crippen molar-refractivity contribution in [2.75, 3.05) is 66.7 Å². The number of morpholine rings is 1. The Bertz CT molecular complexity index is 641. The van der Waals surface area contributed by atoms with E-state index in [2.05, 4.69) is 21.2 Å². The normalized spacial score (nSPS) is 19.1. The molecule has 2 aliphatic rings. The van der Waals surface area contributed by atoms with Crippen molar-refractivity contribution >= 4 is 5.91 Å². The van der Waals surface area contributed by atoms with Gasteiger partial charge in [-0.15, -0.1) is 0 Å². The molecule has 0 bridgehead atoms. The number of hydrogen-bond acceptors (Lipinski definition) is 6. The maximum atomic E-state index is 12.5. The Morgan fingerprint density at radius 2 is 1.86 bits per heavy atom. The van der Waals surface area contributed by atoms with Crippen LogP contribution in [0.3, 0.4) is 0 Å². The van der Waals surface area contributed by atoms with Crippen LogP contribution in [-0.4, -0.2) is 82.4 Å². The monoisotopic (exact) mass is 405 g/mol. The molecule has 1 N–H and O–H groups in total. The van der Waals surface area contributed by atoms with Gasteiger partial charge in [0.15, 0.2) is 0 Å². The number of rotatable bonds is 9. The van der Waals surface area contributed by atoms with E-state index in [0.29, 0.717) is 0 Å². The summed E-state index contributed by atoms with van der Waals surface area (Å²) in [6, 6.07) is 5.95. The minimum atomic E-state index is 0.132. The Kier molecular flexibility index (Phi) is 8.58. The molecule has 162 valence electrons. The van der Waals surface area contributed by atoms with Crippen molar-refractivity contribution in [3.63, 3.8) is 0 Å². The summed E-state index contributed by atoms with van der Waals surface area (Å²) in [6.45, 7) is 8.16. The van der Waals surface area contributed by atoms with Crippen molar-refractivity contribution in [2.24, 2.45) is 5.92 Å². The molecule has 3 rings (SSSR count). The molecular weight excluding hydrogens is 370 g/mol. The lowest BCUT2D eigenvalue weighted by molar-refractivity contribution is -0.126. The molecule has 7 heteroatoms. The van der Waals surface area contributed by atoms with Crippen LogP contribution in [0.5, 0.6) is 11.5 Å². The minimum Gasteiger partial charge on any atom is -0.497 e. The maximum Gasteiger partial charge on any atom is 0.223 e. The molecule has 2 saturated heterocycles. The highest BCUT2D eigenvalue weighted by atomic mass is 16.5. The number of nitrogens with one attached hydrogen (secondary N) is 1. The molecule has 2 heterocycles. The Balaban J connectivity index is 1.36. The van der Waals surface area contributed by atoms with E-state index in [0.717, 1.165) is 95.4 Å². The topological polar surface area (TPSA) is 63.3 Å². The van der Waals surface area contributed by atoms with E-state index in [9.17, 15) is 4.79 Å². The molecule has 1 aromatic rings. The standard InChI is InChI=1S/C22H35N3O4/c1-27-20-5-4-19(21(16-20)28-2)17-25-10-6-18(7-11-25)22(26)23-8-3-9-24-12-14-29-15-13-24/h4-5,16,18H,3,6-15,17H2,1-2H3,(H,23,26). The zero-order valence-corrected chi connectivity index (χ0v) is 17.8. The molecule has 0 radical (unpaired) electrons. The molecule has 29 heavy (non-hydrogen) atoms. The second-order valence-electron chi connectivity index (χ2n) is 7.83. The van der Waals surface area contributed by atoms with Crippen LogP contribution >= 0.6 is 0 Å². The van der Waals surface area contributed by atoms with E-state index >= 15 is 0 Å². The minimum absolute atomic E-state index is 0.132. The lowest BCUT2D eigenvalue weighted by atomic mass is 9.95. The Hall–Kier alpha value is -1.83. The van der Waals surface area contributed by atoms with Crippen LogP contribution < -0.4 is 14.8 Å². The fourth-order valence-corrected chi connectivity index (χ4v) is 4.06. The van der Waals surface area contributed by atoms with Crippen molar-refractivity contribution in [2.45, 2.75) is 25.8 Å². The number of ether oxygens (including phenoxy) is 3. The van der Waals surface area contributed by atoms with Gasteiger partial charge >= 0.3 is 0 Å². The van der Waals surface area contributed by atoms with Crippen LogP contribution in [0.2, 0.25) is 0 Å². The first-order valence-corrected chi connectivity index (χ1v) is 10.7. The van der Waals surface area contributed by atoms with Crippen LogP contribution in [0.15, 0.2) is 18.2 Å². The molecule has 2 aliphatic heterocycles. The third kappa shape index (κ3) is 6.59. The summed E-state index contributed by atoms with van der Waals surface area (Å²) in [4.78, 5) is 17.3. The fourth-order valence-electron chi connectivity index (χ4n) is 4.06. The molecule has 7 nitrogen and oxygen atoms in total. The molecule has 0 spiro atoms. The van der Waals surface area contributed by atoms with Gasteiger partial charge in [0.2, 0.25) is 5.91 Å². The van der Waals surface area contributed by atoms with Gasteiger partial charge in [0.05, 0.1) is 27.4 Å². The number of carbonyl (C=O) groups is 1. The second kappa shape index (κ2) is 11.4. The highest BCUT2D eigenvalue weighted by Gasteiger charge is 2.25. The highest BCUT2D eigenvalue weighted by Crippen LogP contribution is 2.27. The summed E-state index contributed by atoms with van der Waals surface area (Å²) in [7, 11) is 3.35. The first-order chi connectivity index (χ1) is 14.2. The predicted molar refractivity (Wildman–Crippen MR) is 112 cm³/mol. The van der Waals surface area contributed by atoms with Gasteiger partial charge in [-0.05, 0) is 45.0 Å². The van der Waals surface area contributed by atoms with Crippen LogP contribution in [0.4, 0.5) is 0 Å². The molecule has 0 aromatic heterocycles. The zero-order valence-electron chi connectivity index (χ0n) is 17.8. The molecule has 0 aliphatic carbocycles. The molecule has 1 amide bonds. The van der Waals surface area contributed by atoms with Gasteiger partial charge in [-0.25, -0.2) is 0 Å². The van der Waals surface area contributed by atoms with Crippen LogP contribution in [0.25, 0.3) is 0 Å². The lowest BCUT2D eigenvalue weighted by Gasteiger charge is -2.31. The van der Waals surface area contributed by atoms with Crippen molar-refractivity contribution in [3.05, 3.63) is 23.8 Å². The van der Waals surface area contributed by atoms with E-state index in [1.165, 1.54) is 0 Å². The number of amides is 1. The van der Waals surface area contributed by atoms with Crippen LogP contribution in [-0.2, 0) is 16.1 Å². The highest BCUT2D eigenvalue weighted by molar-refractivity contribution is 5.78. The van der Waals surface area contributed by atoms with Crippen molar-refractivity contribution in [1.82, 2.24) is 15.1 Å². The van der Waals surface area contributed by atoms with E-state index < -0.39 is 0 Å². The predicted octanol–water partition coefficient (Wildman–Crippen LogP) is 1.75. The van der Waals surface area contributed by atoms with E-state index in [1.54, 1.807) is 14.2 Å². The summed E-state index contributed by atoms with van der Waals surface area (Å²) in [5.74, 6) is 2.00. The summed E-state index contributed by atoms with van der Waals surface area (Å²) in [5.41, 5.74) is 1.15. The van der Waals surface area contributed by atoms with Crippen molar-refractivity contribution in [3.8, 4) is 11.5 Å². The number of carbonyl (C=O) groups excluding carboxylic acids is 1. The molecule has 1 aromatic carbocycles. The third-order valence-electron chi connectivity index (χ3n) is 5.90. The van der Waals surface area contributed by atoms with Crippen molar-refractivity contribution in [1.29, 1.82) is 0 Å². The quantitative estimate of drug-likeness (QED) is 0.632. The number of hydrogen-bond donors (Lipinski definition) is 1. The number of piperidine rings is 1. The first kappa shape index (κ1) is 21.9. The van der Waals surface area contributed by atoms with Gasteiger partial charge in [-0.3, -0.25) is 14.6 Å². The van der Waals surface area contributed by atoms with Gasteiger partial charge in [0.25, 0.3) is 0 Å².